The van der Waals surface area contributed by atoms with Crippen LogP contribution in [-0.4, -0.2) is 116 Å². The van der Waals surface area contributed by atoms with Crippen molar-refractivity contribution in [2.45, 2.75) is 51.2 Å². The summed E-state index contributed by atoms with van der Waals surface area (Å²) in [5.74, 6) is -0.100. The highest BCUT2D eigenvalue weighted by Gasteiger charge is 2.21. The van der Waals surface area contributed by atoms with Crippen molar-refractivity contribution in [3.63, 3.8) is 0 Å². The molecule has 1 amide bonds. The number of aliphatic hydroxyl groups is 1. The van der Waals surface area contributed by atoms with Crippen LogP contribution in [0.3, 0.4) is 0 Å². The van der Waals surface area contributed by atoms with Crippen molar-refractivity contribution in [2.24, 2.45) is 0 Å². The average molecular weight is 541 g/mol. The molecule has 1 N–H and O–H groups in total. The Labute approximate surface area is 237 Å². The summed E-state index contributed by atoms with van der Waals surface area (Å²) in [6.07, 6.45) is 18.3. The van der Waals surface area contributed by atoms with Crippen LogP contribution in [0.25, 0.3) is 0 Å². The lowest BCUT2D eigenvalue weighted by Gasteiger charge is -2.34. The molecule has 1 unspecified atom stereocenters. The first kappa shape index (κ1) is 32.8. The quantitative estimate of drug-likeness (QED) is 0.281. The number of ether oxygens (including phenoxy) is 1. The predicted octanol–water partition coefficient (Wildman–Crippen LogP) is 4.02. The van der Waals surface area contributed by atoms with E-state index in [2.05, 4.69) is 67.1 Å². The van der Waals surface area contributed by atoms with E-state index >= 15 is 0 Å². The van der Waals surface area contributed by atoms with E-state index in [1.807, 2.05) is 18.2 Å². The fourth-order valence-electron chi connectivity index (χ4n) is 4.80. The van der Waals surface area contributed by atoms with Gasteiger partial charge in [0.2, 0.25) is 5.91 Å². The van der Waals surface area contributed by atoms with E-state index in [9.17, 15) is 9.90 Å². The zero-order valence-corrected chi connectivity index (χ0v) is 24.9. The lowest BCUT2D eigenvalue weighted by molar-refractivity contribution is -0.126. The van der Waals surface area contributed by atoms with Crippen LogP contribution < -0.4 is 0 Å². The molecule has 2 aliphatic rings. The number of amides is 1. The van der Waals surface area contributed by atoms with Gasteiger partial charge in [-0.2, -0.15) is 0 Å². The maximum Gasteiger partial charge on any atom is 0.246 e. The van der Waals surface area contributed by atoms with Gasteiger partial charge in [-0.05, 0) is 76.0 Å². The Hall–Kier alpha value is -2.45. The van der Waals surface area contributed by atoms with Crippen LogP contribution in [0.5, 0.6) is 0 Å². The van der Waals surface area contributed by atoms with Crippen LogP contribution in [0.2, 0.25) is 0 Å². The first-order valence-corrected chi connectivity index (χ1v) is 14.4. The zero-order valence-electron chi connectivity index (χ0n) is 24.9. The monoisotopic (exact) mass is 540 g/mol. The molecule has 7 heteroatoms. The van der Waals surface area contributed by atoms with Gasteiger partial charge in [0.05, 0.1) is 18.8 Å². The molecule has 1 atom stereocenters. The van der Waals surface area contributed by atoms with Crippen molar-refractivity contribution in [3.8, 4) is 0 Å². The maximum absolute atomic E-state index is 13.0. The van der Waals surface area contributed by atoms with E-state index in [0.29, 0.717) is 19.2 Å². The van der Waals surface area contributed by atoms with E-state index in [-0.39, 0.29) is 12.5 Å². The number of piperidine rings is 1. The smallest absolute Gasteiger partial charge is 0.246 e. The van der Waals surface area contributed by atoms with Crippen molar-refractivity contribution >= 4 is 5.91 Å². The molecule has 0 aromatic rings. The second-order valence-electron chi connectivity index (χ2n) is 10.9. The normalized spacial score (nSPS) is 21.1. The number of likely N-dealkylation sites (N-methyl/N-ethyl adjacent to an activating group) is 2. The third-order valence-electron chi connectivity index (χ3n) is 7.14. The number of hydrogen-bond donors (Lipinski definition) is 1. The van der Waals surface area contributed by atoms with Crippen LogP contribution in [0.15, 0.2) is 72.5 Å². The van der Waals surface area contributed by atoms with Gasteiger partial charge in [0.25, 0.3) is 0 Å². The number of hydrogen-bond acceptors (Lipinski definition) is 6. The molecule has 0 aromatic heterocycles. The topological polar surface area (TPSA) is 59.5 Å². The third kappa shape index (κ3) is 13.0. The fraction of sp³-hybridized carbons (Fsp3) is 0.594. The molecule has 1 saturated heterocycles. The lowest BCUT2D eigenvalue weighted by Crippen LogP contribution is -2.41. The second-order valence-corrected chi connectivity index (χ2v) is 10.9. The van der Waals surface area contributed by atoms with Crippen molar-refractivity contribution in [2.75, 3.05) is 73.6 Å². The molecule has 0 bridgehead atoms. The molecule has 39 heavy (non-hydrogen) atoms. The van der Waals surface area contributed by atoms with E-state index in [4.69, 9.17) is 4.74 Å². The highest BCUT2D eigenvalue weighted by molar-refractivity contribution is 5.88. The molecule has 1 fully saturated rings. The minimum atomic E-state index is -0.631. The summed E-state index contributed by atoms with van der Waals surface area (Å²) in [4.78, 5) is 21.3. The van der Waals surface area contributed by atoms with Crippen LogP contribution in [0.4, 0.5) is 0 Å². The molecule has 0 saturated carbocycles. The Morgan fingerprint density at radius 3 is 2.62 bits per heavy atom. The highest BCUT2D eigenvalue weighted by Crippen LogP contribution is 2.20. The highest BCUT2D eigenvalue weighted by atomic mass is 16.5. The van der Waals surface area contributed by atoms with Crippen molar-refractivity contribution in [1.29, 1.82) is 0 Å². The van der Waals surface area contributed by atoms with Gasteiger partial charge in [0.1, 0.15) is 0 Å². The number of nitrogens with zero attached hydrogens (tertiary/aromatic N) is 4. The summed E-state index contributed by atoms with van der Waals surface area (Å²) in [6, 6.07) is 0. The standard InChI is InChI=1S/C32H52N4O3/c1-7-28(22-29(8-2)36-18-15-31(16-19-36)39-21-20-33(4)5)23-32(38)34(6)25-30(37)26-35-17-13-11-9-10-12-14-27(3)24-35/h8-10,12,14,22-23,30-31,37H,2-3,7,11,13,15-21,24-26H2,1,4-6H3/b10-9-,14-12-,28-23+,29-22+. The molecule has 2 heterocycles. The van der Waals surface area contributed by atoms with Gasteiger partial charge in [-0.25, -0.2) is 0 Å². The number of rotatable bonds is 13. The Morgan fingerprint density at radius 2 is 1.95 bits per heavy atom. The molecule has 0 aliphatic carbocycles. The van der Waals surface area contributed by atoms with Gasteiger partial charge in [-0.3, -0.25) is 9.69 Å². The predicted molar refractivity (Wildman–Crippen MR) is 162 cm³/mol. The summed E-state index contributed by atoms with van der Waals surface area (Å²) in [5.41, 5.74) is 3.01. The SMILES string of the molecule is C=C/C(=C\C(=C\C(=O)N(C)CC(O)CN1CCC/C=C\C=C/C(=C)C1)CC)N1CCC(OCCN(C)C)CC1. The fourth-order valence-corrected chi connectivity index (χ4v) is 4.80. The Balaban J connectivity index is 1.90. The third-order valence-corrected chi connectivity index (χ3v) is 7.14. The summed E-state index contributed by atoms with van der Waals surface area (Å²) in [5, 5.41) is 10.8. The van der Waals surface area contributed by atoms with Crippen molar-refractivity contribution in [1.82, 2.24) is 19.6 Å². The molecule has 0 radical (unpaired) electrons. The summed E-state index contributed by atoms with van der Waals surface area (Å²) < 4.78 is 6.04. The molecule has 0 aromatic carbocycles. The number of carbonyl (C=O) groups is 1. The summed E-state index contributed by atoms with van der Waals surface area (Å²) >= 11 is 0. The molecule has 2 aliphatic heterocycles. The molecule has 0 spiro atoms. The number of allylic oxidation sites excluding steroid dienone is 6. The lowest BCUT2D eigenvalue weighted by atomic mass is 10.1. The number of likely N-dealkylation sites (tertiary alicyclic amines) is 1. The van der Waals surface area contributed by atoms with E-state index in [0.717, 1.165) is 81.7 Å². The number of carbonyl (C=O) groups excluding carboxylic acids is 1. The van der Waals surface area contributed by atoms with Crippen LogP contribution in [0, 0.1) is 0 Å². The largest absolute Gasteiger partial charge is 0.390 e. The van der Waals surface area contributed by atoms with Crippen molar-refractivity contribution in [3.05, 3.63) is 72.5 Å². The molecule has 2 rings (SSSR count). The second kappa shape index (κ2) is 18.0. The van der Waals surface area contributed by atoms with E-state index < -0.39 is 6.10 Å². The van der Waals surface area contributed by atoms with Crippen LogP contribution in [-0.2, 0) is 9.53 Å². The van der Waals surface area contributed by atoms with E-state index in [1.54, 1.807) is 18.0 Å². The summed E-state index contributed by atoms with van der Waals surface area (Å²) in [7, 11) is 5.87. The van der Waals surface area contributed by atoms with Crippen molar-refractivity contribution < 1.29 is 14.6 Å². The van der Waals surface area contributed by atoms with Gasteiger partial charge in [-0.15, -0.1) is 0 Å². The van der Waals surface area contributed by atoms with Gasteiger partial charge >= 0.3 is 0 Å². The van der Waals surface area contributed by atoms with Gasteiger partial charge in [0, 0.05) is 58.1 Å². The van der Waals surface area contributed by atoms with E-state index in [1.165, 1.54) is 0 Å². The Morgan fingerprint density at radius 1 is 1.21 bits per heavy atom. The minimum Gasteiger partial charge on any atom is -0.390 e. The summed E-state index contributed by atoms with van der Waals surface area (Å²) in [6.45, 7) is 16.1. The first-order valence-electron chi connectivity index (χ1n) is 14.4. The molecular formula is C32H52N4O3. The number of aliphatic hydroxyl groups excluding tert-OH is 1. The number of β-amino-alcohol motifs (C(OH)–C–C–N with tert-alkyl or cyclic N) is 1. The minimum absolute atomic E-state index is 0.100. The van der Waals surface area contributed by atoms with Crippen LogP contribution >= 0.6 is 0 Å². The Kier molecular flexibility index (Phi) is 15.1. The van der Waals surface area contributed by atoms with Gasteiger partial charge in [0.15, 0.2) is 0 Å². The molecule has 218 valence electrons. The zero-order chi connectivity index (χ0) is 28.6. The van der Waals surface area contributed by atoms with Gasteiger partial charge in [-0.1, -0.05) is 44.4 Å². The molecular weight excluding hydrogens is 488 g/mol. The first-order chi connectivity index (χ1) is 18.7. The molecule has 7 nitrogen and oxygen atoms in total. The average Bonchev–Trinajstić information content (AvgIpc) is 2.90. The maximum atomic E-state index is 13.0. The van der Waals surface area contributed by atoms with Crippen LogP contribution in [0.1, 0.15) is 39.0 Å². The Bertz CT molecular complexity index is 897. The van der Waals surface area contributed by atoms with Gasteiger partial charge < -0.3 is 24.5 Å².